The number of benzene rings is 1. The van der Waals surface area contributed by atoms with Crippen molar-refractivity contribution in [1.82, 2.24) is 9.80 Å². The largest absolute Gasteiger partial charge is 0.573 e. The first kappa shape index (κ1) is 17.8. The molecule has 6 heteroatoms. The van der Waals surface area contributed by atoms with E-state index in [4.69, 9.17) is 0 Å². The molecule has 21 heavy (non-hydrogen) atoms. The molecule has 1 aromatic rings. The van der Waals surface area contributed by atoms with Gasteiger partial charge in [0.1, 0.15) is 5.75 Å². The number of hydrogen-bond donors (Lipinski definition) is 0. The summed E-state index contributed by atoms with van der Waals surface area (Å²) in [7, 11) is 3.99. The van der Waals surface area contributed by atoms with Crippen molar-refractivity contribution in [3.63, 3.8) is 0 Å². The minimum atomic E-state index is -4.65. The van der Waals surface area contributed by atoms with Gasteiger partial charge in [-0.25, -0.2) is 0 Å². The first-order valence-corrected chi connectivity index (χ1v) is 6.91. The van der Waals surface area contributed by atoms with Crippen LogP contribution in [-0.2, 0) is 6.54 Å². The highest BCUT2D eigenvalue weighted by atomic mass is 19.4. The fraction of sp³-hybridized carbons (Fsp3) is 0.600. The SMILES string of the molecule is CC(C)N(CCN(C)C)Cc1cccc(OC(F)(F)F)c1. The molecule has 0 aromatic heterocycles. The van der Waals surface area contributed by atoms with Crippen LogP contribution in [0.25, 0.3) is 0 Å². The van der Waals surface area contributed by atoms with Crippen LogP contribution in [0.1, 0.15) is 19.4 Å². The van der Waals surface area contributed by atoms with E-state index in [1.807, 2.05) is 20.2 Å². The van der Waals surface area contributed by atoms with Crippen molar-refractivity contribution < 1.29 is 17.9 Å². The van der Waals surface area contributed by atoms with E-state index in [1.165, 1.54) is 12.1 Å². The molecule has 0 saturated heterocycles. The fourth-order valence-electron chi connectivity index (χ4n) is 1.92. The van der Waals surface area contributed by atoms with Crippen molar-refractivity contribution in [2.24, 2.45) is 0 Å². The molecule has 0 aliphatic heterocycles. The Morgan fingerprint density at radius 1 is 1.14 bits per heavy atom. The number of halogens is 3. The summed E-state index contributed by atoms with van der Waals surface area (Å²) in [6.45, 7) is 6.50. The minimum absolute atomic E-state index is 0.170. The Morgan fingerprint density at radius 2 is 1.81 bits per heavy atom. The van der Waals surface area contributed by atoms with E-state index >= 15 is 0 Å². The van der Waals surface area contributed by atoms with Crippen molar-refractivity contribution >= 4 is 0 Å². The monoisotopic (exact) mass is 304 g/mol. The molecule has 0 bridgehead atoms. The number of alkyl halides is 3. The summed E-state index contributed by atoms with van der Waals surface area (Å²) in [5.41, 5.74) is 0.809. The van der Waals surface area contributed by atoms with E-state index < -0.39 is 6.36 Å². The Hall–Kier alpha value is -1.27. The van der Waals surface area contributed by atoms with Crippen LogP contribution in [0.5, 0.6) is 5.75 Å². The van der Waals surface area contributed by atoms with Crippen molar-refractivity contribution in [3.8, 4) is 5.75 Å². The Morgan fingerprint density at radius 3 is 2.33 bits per heavy atom. The smallest absolute Gasteiger partial charge is 0.406 e. The Kier molecular flexibility index (Phi) is 6.48. The molecule has 0 atom stereocenters. The van der Waals surface area contributed by atoms with E-state index in [-0.39, 0.29) is 5.75 Å². The van der Waals surface area contributed by atoms with Crippen LogP contribution < -0.4 is 4.74 Å². The lowest BCUT2D eigenvalue weighted by Crippen LogP contribution is -2.36. The van der Waals surface area contributed by atoms with Gasteiger partial charge in [0.25, 0.3) is 0 Å². The molecular formula is C15H23F3N2O. The van der Waals surface area contributed by atoms with Crippen LogP contribution in [0.2, 0.25) is 0 Å². The first-order chi connectivity index (χ1) is 9.67. The van der Waals surface area contributed by atoms with Crippen LogP contribution in [0.15, 0.2) is 24.3 Å². The van der Waals surface area contributed by atoms with E-state index in [9.17, 15) is 13.2 Å². The molecular weight excluding hydrogens is 281 g/mol. The van der Waals surface area contributed by atoms with E-state index in [0.29, 0.717) is 12.6 Å². The molecule has 0 aliphatic carbocycles. The van der Waals surface area contributed by atoms with E-state index in [1.54, 1.807) is 6.07 Å². The van der Waals surface area contributed by atoms with Crippen LogP contribution >= 0.6 is 0 Å². The van der Waals surface area contributed by atoms with Gasteiger partial charge in [0.2, 0.25) is 0 Å². The third-order valence-corrected chi connectivity index (χ3v) is 3.08. The number of ether oxygens (including phenoxy) is 1. The van der Waals surface area contributed by atoms with Gasteiger partial charge in [-0.3, -0.25) is 4.90 Å². The van der Waals surface area contributed by atoms with Gasteiger partial charge in [0.15, 0.2) is 0 Å². The second-order valence-electron chi connectivity index (χ2n) is 5.56. The zero-order valence-electron chi connectivity index (χ0n) is 12.9. The molecule has 0 radical (unpaired) electrons. The molecule has 0 amide bonds. The minimum Gasteiger partial charge on any atom is -0.406 e. The highest BCUT2D eigenvalue weighted by Crippen LogP contribution is 2.24. The highest BCUT2D eigenvalue weighted by Gasteiger charge is 2.31. The van der Waals surface area contributed by atoms with Crippen molar-refractivity contribution in [1.29, 1.82) is 0 Å². The normalized spacial score (nSPS) is 12.5. The number of nitrogens with zero attached hydrogens (tertiary/aromatic N) is 2. The summed E-state index contributed by atoms with van der Waals surface area (Å²) >= 11 is 0. The first-order valence-electron chi connectivity index (χ1n) is 6.91. The zero-order chi connectivity index (χ0) is 16.0. The number of rotatable bonds is 7. The van der Waals surface area contributed by atoms with Crippen molar-refractivity contribution in [2.75, 3.05) is 27.2 Å². The van der Waals surface area contributed by atoms with Gasteiger partial charge in [-0.2, -0.15) is 0 Å². The quantitative estimate of drug-likeness (QED) is 0.768. The van der Waals surface area contributed by atoms with Gasteiger partial charge < -0.3 is 9.64 Å². The van der Waals surface area contributed by atoms with Crippen molar-refractivity contribution in [2.45, 2.75) is 32.8 Å². The Labute approximate surface area is 124 Å². The van der Waals surface area contributed by atoms with E-state index in [2.05, 4.69) is 28.4 Å². The lowest BCUT2D eigenvalue weighted by molar-refractivity contribution is -0.274. The molecule has 1 rings (SSSR count). The second-order valence-corrected chi connectivity index (χ2v) is 5.56. The molecule has 3 nitrogen and oxygen atoms in total. The molecule has 0 saturated carbocycles. The van der Waals surface area contributed by atoms with Gasteiger partial charge in [-0.15, -0.1) is 13.2 Å². The van der Waals surface area contributed by atoms with Gasteiger partial charge >= 0.3 is 6.36 Å². The average Bonchev–Trinajstić information content (AvgIpc) is 2.32. The summed E-state index contributed by atoms with van der Waals surface area (Å²) in [5.74, 6) is -0.170. The molecule has 0 heterocycles. The van der Waals surface area contributed by atoms with Crippen LogP contribution in [-0.4, -0.2) is 49.4 Å². The van der Waals surface area contributed by atoms with Gasteiger partial charge in [-0.05, 0) is 45.6 Å². The highest BCUT2D eigenvalue weighted by molar-refractivity contribution is 5.28. The standard InChI is InChI=1S/C15H23F3N2O/c1-12(2)20(9-8-19(3)4)11-13-6-5-7-14(10-13)21-15(16,17)18/h5-7,10,12H,8-9,11H2,1-4H3. The molecule has 0 spiro atoms. The maximum Gasteiger partial charge on any atom is 0.573 e. The Balaban J connectivity index is 2.72. The summed E-state index contributed by atoms with van der Waals surface area (Å²) in [4.78, 5) is 4.30. The van der Waals surface area contributed by atoms with Crippen LogP contribution in [0.3, 0.4) is 0 Å². The second kappa shape index (κ2) is 7.66. The lowest BCUT2D eigenvalue weighted by atomic mass is 10.1. The van der Waals surface area contributed by atoms with Gasteiger partial charge in [0.05, 0.1) is 0 Å². The fourth-order valence-corrected chi connectivity index (χ4v) is 1.92. The maximum absolute atomic E-state index is 12.2. The Bertz CT molecular complexity index is 433. The topological polar surface area (TPSA) is 15.7 Å². The summed E-state index contributed by atoms with van der Waals surface area (Å²) < 4.78 is 40.7. The van der Waals surface area contributed by atoms with Gasteiger partial charge in [-0.1, -0.05) is 12.1 Å². The molecule has 0 fully saturated rings. The van der Waals surface area contributed by atoms with Crippen LogP contribution in [0, 0.1) is 0 Å². The lowest BCUT2D eigenvalue weighted by Gasteiger charge is -2.28. The summed E-state index contributed by atoms with van der Waals surface area (Å²) in [6.07, 6.45) is -4.65. The molecule has 0 aliphatic rings. The average molecular weight is 304 g/mol. The van der Waals surface area contributed by atoms with Crippen molar-refractivity contribution in [3.05, 3.63) is 29.8 Å². The number of hydrogen-bond acceptors (Lipinski definition) is 3. The number of likely N-dealkylation sites (N-methyl/N-ethyl adjacent to an activating group) is 1. The zero-order valence-corrected chi connectivity index (χ0v) is 12.9. The molecule has 0 N–H and O–H groups in total. The third kappa shape index (κ3) is 7.34. The molecule has 1 aromatic carbocycles. The van der Waals surface area contributed by atoms with Gasteiger partial charge in [0, 0.05) is 25.7 Å². The third-order valence-electron chi connectivity index (χ3n) is 3.08. The summed E-state index contributed by atoms with van der Waals surface area (Å²) in [6, 6.07) is 6.47. The summed E-state index contributed by atoms with van der Waals surface area (Å²) in [5, 5.41) is 0. The van der Waals surface area contributed by atoms with Crippen LogP contribution in [0.4, 0.5) is 13.2 Å². The molecule has 120 valence electrons. The predicted octanol–water partition coefficient (Wildman–Crippen LogP) is 3.36. The maximum atomic E-state index is 12.2. The molecule has 0 unspecified atom stereocenters. The van der Waals surface area contributed by atoms with E-state index in [0.717, 1.165) is 18.7 Å². The predicted molar refractivity (Wildman–Crippen MR) is 77.2 cm³/mol.